The number of hydrogen-bond donors (Lipinski definition) is 1. The third kappa shape index (κ3) is 8.36. The number of alkyl halides is 3. The van der Waals surface area contributed by atoms with Crippen LogP contribution < -0.4 is 9.62 Å². The van der Waals surface area contributed by atoms with Crippen LogP contribution in [0.3, 0.4) is 0 Å². The van der Waals surface area contributed by atoms with Crippen LogP contribution in [-0.4, -0.2) is 50.0 Å². The van der Waals surface area contributed by atoms with Gasteiger partial charge in [0.2, 0.25) is 21.8 Å². The minimum atomic E-state index is -4.83. The minimum absolute atomic E-state index is 0.0137. The van der Waals surface area contributed by atoms with E-state index in [1.54, 1.807) is 19.1 Å². The molecule has 2 atom stereocenters. The smallest absolute Gasteiger partial charge is 0.352 e. The lowest BCUT2D eigenvalue weighted by Crippen LogP contribution is -2.52. The van der Waals surface area contributed by atoms with Crippen molar-refractivity contribution in [2.24, 2.45) is 0 Å². The molecule has 12 heteroatoms. The molecule has 0 spiro atoms. The van der Waals surface area contributed by atoms with E-state index in [2.05, 4.69) is 5.32 Å². The maximum Gasteiger partial charge on any atom is 0.417 e. The lowest BCUT2D eigenvalue weighted by molar-refractivity contribution is -0.139. The van der Waals surface area contributed by atoms with Gasteiger partial charge in [0.25, 0.3) is 0 Å². The fourth-order valence-corrected chi connectivity index (χ4v) is 4.50. The largest absolute Gasteiger partial charge is 0.417 e. The molecule has 7 nitrogen and oxygen atoms in total. The van der Waals surface area contributed by atoms with Gasteiger partial charge >= 0.3 is 6.18 Å². The molecule has 0 aromatic heterocycles. The predicted molar refractivity (Wildman–Crippen MR) is 138 cm³/mol. The molecule has 2 aromatic carbocycles. The summed E-state index contributed by atoms with van der Waals surface area (Å²) in [6, 6.07) is 8.67. The monoisotopic (exact) mass is 561 g/mol. The van der Waals surface area contributed by atoms with Crippen LogP contribution in [0.5, 0.6) is 0 Å². The average Bonchev–Trinajstić information content (AvgIpc) is 2.80. The molecule has 37 heavy (non-hydrogen) atoms. The van der Waals surface area contributed by atoms with Crippen LogP contribution in [-0.2, 0) is 32.3 Å². The van der Waals surface area contributed by atoms with Gasteiger partial charge in [0.1, 0.15) is 12.6 Å². The quantitative estimate of drug-likeness (QED) is 0.453. The highest BCUT2D eigenvalue weighted by molar-refractivity contribution is 7.92. The molecule has 1 N–H and O–H groups in total. The number of nitrogens with one attached hydrogen (secondary N) is 1. The number of aryl methyl sites for hydroxylation is 1. The van der Waals surface area contributed by atoms with Gasteiger partial charge in [0.05, 0.1) is 22.5 Å². The standard InChI is InChI=1S/C25H31ClF3N3O4S/c1-6-17(3)30-24(34)18(4)31(14-19-9-7-16(2)8-10-19)23(33)15-32(37(5,35)36)20-11-12-22(26)21(13-20)25(27,28)29/h7-13,17-18H,6,14-15H2,1-5H3,(H,30,34)/t17-,18+/m0/s1. The highest BCUT2D eigenvalue weighted by Crippen LogP contribution is 2.37. The van der Waals surface area contributed by atoms with Gasteiger partial charge in [-0.15, -0.1) is 0 Å². The lowest BCUT2D eigenvalue weighted by atomic mass is 10.1. The third-order valence-electron chi connectivity index (χ3n) is 5.86. The molecule has 0 bridgehead atoms. The van der Waals surface area contributed by atoms with Crippen molar-refractivity contribution in [3.8, 4) is 0 Å². The van der Waals surface area contributed by atoms with E-state index in [1.165, 1.54) is 11.8 Å². The molecule has 2 amide bonds. The molecule has 0 saturated heterocycles. The maximum atomic E-state index is 13.5. The van der Waals surface area contributed by atoms with Crippen LogP contribution in [0.4, 0.5) is 18.9 Å². The second-order valence-electron chi connectivity index (χ2n) is 8.93. The Labute approximate surface area is 220 Å². The molecule has 2 aromatic rings. The van der Waals surface area contributed by atoms with Gasteiger partial charge < -0.3 is 10.2 Å². The Bertz CT molecular complexity index is 1220. The van der Waals surface area contributed by atoms with Gasteiger partial charge in [-0.3, -0.25) is 13.9 Å². The van der Waals surface area contributed by atoms with Crippen molar-refractivity contribution in [3.63, 3.8) is 0 Å². The zero-order chi connectivity index (χ0) is 28.1. The summed E-state index contributed by atoms with van der Waals surface area (Å²) in [5.41, 5.74) is 0.0692. The fraction of sp³-hybridized carbons (Fsp3) is 0.440. The van der Waals surface area contributed by atoms with E-state index < -0.39 is 51.2 Å². The molecule has 0 fully saturated rings. The minimum Gasteiger partial charge on any atom is -0.352 e. The number of amides is 2. The Morgan fingerprint density at radius 2 is 1.68 bits per heavy atom. The van der Waals surface area contributed by atoms with Crippen molar-refractivity contribution in [1.29, 1.82) is 0 Å². The van der Waals surface area contributed by atoms with E-state index >= 15 is 0 Å². The van der Waals surface area contributed by atoms with E-state index in [1.807, 2.05) is 26.0 Å². The first-order valence-corrected chi connectivity index (χ1v) is 13.8. The highest BCUT2D eigenvalue weighted by atomic mass is 35.5. The summed E-state index contributed by atoms with van der Waals surface area (Å²) >= 11 is 5.68. The first-order chi connectivity index (χ1) is 17.0. The summed E-state index contributed by atoms with van der Waals surface area (Å²) in [6.07, 6.45) is -3.39. The van der Waals surface area contributed by atoms with Crippen molar-refractivity contribution < 1.29 is 31.2 Å². The summed E-state index contributed by atoms with van der Waals surface area (Å²) in [4.78, 5) is 27.6. The number of rotatable bonds is 10. The van der Waals surface area contributed by atoms with Crippen LogP contribution in [0.1, 0.15) is 43.9 Å². The molecular formula is C25H31ClF3N3O4S. The molecule has 0 saturated carbocycles. The predicted octanol–water partition coefficient (Wildman–Crippen LogP) is 4.77. The zero-order valence-electron chi connectivity index (χ0n) is 21.3. The van der Waals surface area contributed by atoms with E-state index in [0.717, 1.165) is 24.0 Å². The van der Waals surface area contributed by atoms with Gasteiger partial charge in [-0.05, 0) is 51.0 Å². The number of sulfonamides is 1. The summed E-state index contributed by atoms with van der Waals surface area (Å²) in [6.45, 7) is 6.26. The van der Waals surface area contributed by atoms with Crippen molar-refractivity contribution in [2.45, 2.75) is 58.9 Å². The molecule has 0 aliphatic rings. The Morgan fingerprint density at radius 3 is 2.19 bits per heavy atom. The van der Waals surface area contributed by atoms with Crippen LogP contribution in [0.25, 0.3) is 0 Å². The number of halogens is 4. The zero-order valence-corrected chi connectivity index (χ0v) is 22.8. The van der Waals surface area contributed by atoms with E-state index in [-0.39, 0.29) is 18.3 Å². The first kappa shape index (κ1) is 30.4. The van der Waals surface area contributed by atoms with Crippen LogP contribution in [0, 0.1) is 6.92 Å². The van der Waals surface area contributed by atoms with E-state index in [4.69, 9.17) is 11.6 Å². The van der Waals surface area contributed by atoms with Gasteiger partial charge in [-0.25, -0.2) is 8.42 Å². The third-order valence-corrected chi connectivity index (χ3v) is 7.33. The van der Waals surface area contributed by atoms with Gasteiger partial charge in [-0.1, -0.05) is 48.4 Å². The molecule has 0 unspecified atom stereocenters. The van der Waals surface area contributed by atoms with Crippen LogP contribution in [0.15, 0.2) is 42.5 Å². The van der Waals surface area contributed by atoms with Gasteiger partial charge in [0.15, 0.2) is 0 Å². The SMILES string of the molecule is CC[C@H](C)NC(=O)[C@@H](C)N(Cc1ccc(C)cc1)C(=O)CN(c1ccc(Cl)c(C(F)(F)F)c1)S(C)(=O)=O. The van der Waals surface area contributed by atoms with Crippen molar-refractivity contribution >= 4 is 39.1 Å². The number of benzene rings is 2. The van der Waals surface area contributed by atoms with Gasteiger partial charge in [-0.2, -0.15) is 13.2 Å². The fourth-order valence-electron chi connectivity index (χ4n) is 3.44. The number of nitrogens with zero attached hydrogens (tertiary/aromatic N) is 2. The summed E-state index contributed by atoms with van der Waals surface area (Å²) in [5, 5.41) is 2.20. The van der Waals surface area contributed by atoms with Crippen molar-refractivity contribution in [1.82, 2.24) is 10.2 Å². The number of anilines is 1. The first-order valence-electron chi connectivity index (χ1n) is 11.5. The Kier molecular flexibility index (Phi) is 10.0. The molecule has 0 heterocycles. The highest BCUT2D eigenvalue weighted by Gasteiger charge is 2.35. The second kappa shape index (κ2) is 12.2. The maximum absolute atomic E-state index is 13.5. The Hall–Kier alpha value is -2.79. The molecule has 0 radical (unpaired) electrons. The number of carbonyl (C=O) groups is 2. The molecule has 204 valence electrons. The van der Waals surface area contributed by atoms with Crippen LogP contribution >= 0.6 is 11.6 Å². The summed E-state index contributed by atoms with van der Waals surface area (Å²) in [7, 11) is -4.19. The topological polar surface area (TPSA) is 86.8 Å². The van der Waals surface area contributed by atoms with Crippen molar-refractivity contribution in [2.75, 3.05) is 17.1 Å². The molecule has 0 aliphatic carbocycles. The summed E-state index contributed by atoms with van der Waals surface area (Å²) in [5.74, 6) is -1.20. The Morgan fingerprint density at radius 1 is 1.08 bits per heavy atom. The van der Waals surface area contributed by atoms with E-state index in [9.17, 15) is 31.2 Å². The Balaban J connectivity index is 2.47. The molecule has 2 rings (SSSR count). The molecule has 0 aliphatic heterocycles. The van der Waals surface area contributed by atoms with Crippen molar-refractivity contribution in [3.05, 3.63) is 64.2 Å². The normalized spacial score (nSPS) is 13.5. The number of hydrogen-bond acceptors (Lipinski definition) is 4. The number of carbonyl (C=O) groups excluding carboxylic acids is 2. The van der Waals surface area contributed by atoms with Crippen LogP contribution in [0.2, 0.25) is 5.02 Å². The van der Waals surface area contributed by atoms with Gasteiger partial charge in [0, 0.05) is 12.6 Å². The summed E-state index contributed by atoms with van der Waals surface area (Å²) < 4.78 is 66.0. The average molecular weight is 562 g/mol. The lowest BCUT2D eigenvalue weighted by Gasteiger charge is -2.32. The molecular weight excluding hydrogens is 531 g/mol. The van der Waals surface area contributed by atoms with E-state index in [0.29, 0.717) is 22.4 Å². The second-order valence-corrected chi connectivity index (χ2v) is 11.2.